The number of unbranched alkanes of at least 4 members (excludes halogenated alkanes) is 1. The molecular weight excluding hydrogens is 688 g/mol. The van der Waals surface area contributed by atoms with Crippen LogP contribution in [0.1, 0.15) is 127 Å². The third-order valence-corrected chi connectivity index (χ3v) is 12.7. The Morgan fingerprint density at radius 2 is 1.54 bits per heavy atom. The highest BCUT2D eigenvalue weighted by molar-refractivity contribution is 6.38. The second-order valence-electron chi connectivity index (χ2n) is 19.1. The molecule has 4 rings (SSSR count). The van der Waals surface area contributed by atoms with Crippen LogP contribution in [0.3, 0.4) is 0 Å². The van der Waals surface area contributed by atoms with Crippen LogP contribution >= 0.6 is 0 Å². The maximum absolute atomic E-state index is 14.9. The van der Waals surface area contributed by atoms with E-state index < -0.39 is 64.0 Å². The molecule has 2 aliphatic carbocycles. The number of hydrogen-bond acceptors (Lipinski definition) is 7. The molecule has 2 aliphatic heterocycles. The fraction of sp³-hybridized carbons (Fsp3) is 0.780. The van der Waals surface area contributed by atoms with E-state index >= 15 is 0 Å². The van der Waals surface area contributed by atoms with Crippen molar-refractivity contribution in [3.63, 3.8) is 0 Å². The maximum atomic E-state index is 14.9. The molecule has 4 fully saturated rings. The highest BCUT2D eigenvalue weighted by Gasteiger charge is 2.70. The zero-order chi connectivity index (χ0) is 40.4. The average Bonchev–Trinajstić information content (AvgIpc) is 3.37. The number of rotatable bonds is 15. The highest BCUT2D eigenvalue weighted by Crippen LogP contribution is 2.65. The van der Waals surface area contributed by atoms with Crippen LogP contribution < -0.4 is 21.3 Å². The van der Waals surface area contributed by atoms with Crippen LogP contribution in [0, 0.1) is 33.5 Å². The SMILES string of the molecule is C=CCNC(=O)C(=O)C(CCCC)NC(=O)[C@@H]1[C@@H]2[C@H](CN1C(=O)C(NC(=O)N[C@@H](CN1C(=O)CC(C)(C)CC1=O)C(C)(C)C)C1(C)CCCCC1)C2(C)C. The Labute approximate surface area is 321 Å². The van der Waals surface area contributed by atoms with Crippen LogP contribution in [0.5, 0.6) is 0 Å². The van der Waals surface area contributed by atoms with Gasteiger partial charge in [-0.05, 0) is 52.8 Å². The fourth-order valence-corrected chi connectivity index (χ4v) is 8.97. The minimum atomic E-state index is -1.05. The number of amides is 7. The van der Waals surface area contributed by atoms with E-state index in [1.165, 1.54) is 11.0 Å². The van der Waals surface area contributed by atoms with Crippen molar-refractivity contribution in [2.75, 3.05) is 19.6 Å². The molecule has 0 spiro atoms. The lowest BCUT2D eigenvalue weighted by molar-refractivity contribution is -0.153. The second kappa shape index (κ2) is 16.5. The van der Waals surface area contributed by atoms with Crippen LogP contribution in [-0.4, -0.2) is 95.0 Å². The molecule has 302 valence electrons. The quantitative estimate of drug-likeness (QED) is 0.110. The number of urea groups is 1. The first-order valence-corrected chi connectivity index (χ1v) is 20.0. The van der Waals surface area contributed by atoms with E-state index in [1.807, 2.05) is 48.5 Å². The molecule has 2 unspecified atom stereocenters. The monoisotopic (exact) mass is 754 g/mol. The Kier molecular flexibility index (Phi) is 13.2. The van der Waals surface area contributed by atoms with Gasteiger partial charge in [-0.3, -0.25) is 33.7 Å². The van der Waals surface area contributed by atoms with Gasteiger partial charge in [-0.15, -0.1) is 6.58 Å². The van der Waals surface area contributed by atoms with Crippen molar-refractivity contribution in [1.82, 2.24) is 31.1 Å². The van der Waals surface area contributed by atoms with E-state index in [1.54, 1.807) is 4.90 Å². The Bertz CT molecular complexity index is 1470. The number of Topliss-reactive ketones (excluding diaryl/α,β-unsaturated/α-hetero) is 1. The maximum Gasteiger partial charge on any atom is 0.315 e. The minimum absolute atomic E-state index is 0.0108. The van der Waals surface area contributed by atoms with Gasteiger partial charge in [0.05, 0.1) is 12.1 Å². The molecule has 6 atom stereocenters. The molecule has 0 bridgehead atoms. The molecule has 2 saturated carbocycles. The van der Waals surface area contributed by atoms with Crippen molar-refractivity contribution < 1.29 is 33.6 Å². The zero-order valence-corrected chi connectivity index (χ0v) is 34.2. The number of nitrogens with one attached hydrogen (secondary N) is 4. The van der Waals surface area contributed by atoms with Crippen LogP contribution in [0.25, 0.3) is 0 Å². The number of hydrogen-bond donors (Lipinski definition) is 4. The first-order valence-electron chi connectivity index (χ1n) is 20.0. The average molecular weight is 755 g/mol. The summed E-state index contributed by atoms with van der Waals surface area (Å²) >= 11 is 0. The van der Waals surface area contributed by atoms with Gasteiger partial charge in [0, 0.05) is 32.5 Å². The molecule has 2 heterocycles. The van der Waals surface area contributed by atoms with Crippen LogP contribution in [0.15, 0.2) is 12.7 Å². The van der Waals surface area contributed by atoms with Crippen molar-refractivity contribution in [2.45, 2.75) is 151 Å². The van der Waals surface area contributed by atoms with Gasteiger partial charge in [-0.25, -0.2) is 4.79 Å². The summed E-state index contributed by atoms with van der Waals surface area (Å²) < 4.78 is 0. The lowest BCUT2D eigenvalue weighted by atomic mass is 9.70. The van der Waals surface area contributed by atoms with E-state index in [0.717, 1.165) is 25.7 Å². The van der Waals surface area contributed by atoms with Gasteiger partial charge in [0.15, 0.2) is 0 Å². The summed E-state index contributed by atoms with van der Waals surface area (Å²) in [6, 6.07) is -4.08. The molecule has 4 aliphatic rings. The first kappa shape index (κ1) is 43.0. The van der Waals surface area contributed by atoms with E-state index in [2.05, 4.69) is 41.7 Å². The number of nitrogens with zero attached hydrogens (tertiary/aromatic N) is 2. The lowest BCUT2D eigenvalue weighted by Crippen LogP contribution is -2.64. The van der Waals surface area contributed by atoms with Crippen molar-refractivity contribution in [3.8, 4) is 0 Å². The normalized spacial score (nSPS) is 25.8. The lowest BCUT2D eigenvalue weighted by Gasteiger charge is -2.44. The van der Waals surface area contributed by atoms with Crippen molar-refractivity contribution in [2.24, 2.45) is 33.5 Å². The summed E-state index contributed by atoms with van der Waals surface area (Å²) in [6.45, 7) is 21.7. The van der Waals surface area contributed by atoms with Crippen LogP contribution in [-0.2, 0) is 28.8 Å². The summed E-state index contributed by atoms with van der Waals surface area (Å²) in [5, 5.41) is 11.4. The largest absolute Gasteiger partial charge is 0.346 e. The molecule has 2 saturated heterocycles. The molecule has 0 radical (unpaired) electrons. The van der Waals surface area contributed by atoms with E-state index in [9.17, 15) is 33.6 Å². The van der Waals surface area contributed by atoms with Crippen molar-refractivity contribution in [1.29, 1.82) is 0 Å². The standard InChI is InChI=1S/C41H66N6O7/c1-11-13-17-26(32(50)35(52)42-20-12-2)43-34(51)31-30-25(40(30,8)9)23-47(31)36(53)33(41(10)18-15-14-16-19-41)45-37(54)44-27(38(3,4)5)24-46-28(48)21-39(6,7)22-29(46)49/h12,25-27,30-31,33H,2,11,13-24H2,1,3-10H3,(H,42,52)(H,43,51)(H2,44,45,54)/t25-,26?,27-,30-,31-,33?/m0/s1. The smallest absolute Gasteiger partial charge is 0.315 e. The Hall–Kier alpha value is -3.77. The van der Waals surface area contributed by atoms with Crippen molar-refractivity contribution in [3.05, 3.63) is 12.7 Å². The second-order valence-corrected chi connectivity index (χ2v) is 19.1. The number of likely N-dealkylation sites (tertiary alicyclic amines) is 2. The summed E-state index contributed by atoms with van der Waals surface area (Å²) in [7, 11) is 0. The number of carbonyl (C=O) groups is 7. The molecule has 0 aromatic carbocycles. The van der Waals surface area contributed by atoms with E-state index in [0.29, 0.717) is 25.8 Å². The Balaban J connectivity index is 1.59. The van der Waals surface area contributed by atoms with Crippen molar-refractivity contribution >= 4 is 41.4 Å². The molecule has 4 N–H and O–H groups in total. The Morgan fingerprint density at radius 3 is 2.09 bits per heavy atom. The number of carbonyl (C=O) groups excluding carboxylic acids is 7. The van der Waals surface area contributed by atoms with Crippen LogP contribution in [0.4, 0.5) is 4.79 Å². The highest BCUT2D eigenvalue weighted by atomic mass is 16.2. The molecule has 0 aromatic heterocycles. The Morgan fingerprint density at radius 1 is 0.926 bits per heavy atom. The van der Waals surface area contributed by atoms with Gasteiger partial charge in [0.2, 0.25) is 29.4 Å². The zero-order valence-electron chi connectivity index (χ0n) is 34.2. The topological polar surface area (TPSA) is 174 Å². The summed E-state index contributed by atoms with van der Waals surface area (Å²) in [4.78, 5) is 98.1. The number of imide groups is 1. The van der Waals surface area contributed by atoms with Gasteiger partial charge < -0.3 is 26.2 Å². The van der Waals surface area contributed by atoms with Gasteiger partial charge in [-0.2, -0.15) is 0 Å². The molecule has 7 amide bonds. The number of ketones is 1. The predicted molar refractivity (Wildman–Crippen MR) is 206 cm³/mol. The predicted octanol–water partition coefficient (Wildman–Crippen LogP) is 4.24. The molecule has 13 nitrogen and oxygen atoms in total. The number of fused-ring (bicyclic) bond motifs is 1. The molecule has 13 heteroatoms. The summed E-state index contributed by atoms with van der Waals surface area (Å²) in [6.07, 6.45) is 7.80. The van der Waals surface area contributed by atoms with Gasteiger partial charge in [-0.1, -0.05) is 100 Å². The fourth-order valence-electron chi connectivity index (χ4n) is 8.97. The van der Waals surface area contributed by atoms with Crippen LogP contribution in [0.2, 0.25) is 0 Å². The van der Waals surface area contributed by atoms with Gasteiger partial charge in [0.25, 0.3) is 5.91 Å². The van der Waals surface area contributed by atoms with Gasteiger partial charge >= 0.3 is 6.03 Å². The first-order chi connectivity index (χ1) is 25.1. The summed E-state index contributed by atoms with van der Waals surface area (Å²) in [5.41, 5.74) is -1.78. The van der Waals surface area contributed by atoms with Gasteiger partial charge in [0.1, 0.15) is 12.1 Å². The molecular formula is C41H66N6O7. The third kappa shape index (κ3) is 9.53. The number of piperidine rings is 2. The minimum Gasteiger partial charge on any atom is -0.346 e. The molecule has 0 aromatic rings. The third-order valence-electron chi connectivity index (χ3n) is 12.7. The summed E-state index contributed by atoms with van der Waals surface area (Å²) in [5.74, 6) is -3.00. The van der Waals surface area contributed by atoms with E-state index in [-0.39, 0.29) is 67.3 Å². The molecule has 54 heavy (non-hydrogen) atoms. The van der Waals surface area contributed by atoms with E-state index in [4.69, 9.17) is 0 Å².